The predicted octanol–water partition coefficient (Wildman–Crippen LogP) is 0.813. The summed E-state index contributed by atoms with van der Waals surface area (Å²) in [6, 6.07) is 0.100. The number of rotatable bonds is 2. The third-order valence-electron chi connectivity index (χ3n) is 1.10. The van der Waals surface area contributed by atoms with E-state index in [0.29, 0.717) is 0 Å². The van der Waals surface area contributed by atoms with Gasteiger partial charge in [-0.05, 0) is 19.2 Å². The van der Waals surface area contributed by atoms with Crippen LogP contribution < -0.4 is 10.7 Å². The smallest absolute Gasteiger partial charge is 0.239 e. The number of halogens is 2. The van der Waals surface area contributed by atoms with E-state index in [4.69, 9.17) is 0 Å². The highest BCUT2D eigenvalue weighted by Crippen LogP contribution is 2.01. The molecule has 0 amide bonds. The van der Waals surface area contributed by atoms with Crippen molar-refractivity contribution in [1.82, 2.24) is 16.1 Å². The first-order chi connectivity index (χ1) is 5.58. The van der Waals surface area contributed by atoms with Crippen molar-refractivity contribution in [3.63, 3.8) is 0 Å². The Bertz CT molecular complexity index is 224. The van der Waals surface area contributed by atoms with Gasteiger partial charge in [0.15, 0.2) is 0 Å². The van der Waals surface area contributed by atoms with Crippen molar-refractivity contribution in [1.29, 1.82) is 0 Å². The Morgan fingerprint density at radius 3 is 2.83 bits per heavy atom. The molecule has 1 rings (SSSR count). The highest BCUT2D eigenvalue weighted by Gasteiger charge is 2.11. The van der Waals surface area contributed by atoms with Gasteiger partial charge in [-0.25, -0.2) is 5.43 Å². The molecule has 0 atom stereocenters. The summed E-state index contributed by atoms with van der Waals surface area (Å²) in [5, 5.41) is 5.44. The largest absolute Gasteiger partial charge is 0.368 e. The van der Waals surface area contributed by atoms with Crippen LogP contribution in [0.5, 0.6) is 0 Å². The van der Waals surface area contributed by atoms with E-state index in [2.05, 4.69) is 15.8 Å². The third-order valence-corrected chi connectivity index (χ3v) is 1.10. The lowest BCUT2D eigenvalue weighted by atomic mass is 10.4. The van der Waals surface area contributed by atoms with E-state index in [1.165, 1.54) is 0 Å². The number of allylic oxidation sites excluding steroid dienone is 1. The van der Waals surface area contributed by atoms with Crippen LogP contribution in [0, 0.1) is 0 Å². The fraction of sp³-hybridized carbons (Fsp3) is 0.500. The Morgan fingerprint density at radius 2 is 2.33 bits per heavy atom. The van der Waals surface area contributed by atoms with Crippen molar-refractivity contribution >= 4 is 5.97 Å². The highest BCUT2D eigenvalue weighted by atomic mass is 19.2. The maximum Gasteiger partial charge on any atom is 0.239 e. The topological polar surface area (TPSA) is 39.7 Å². The van der Waals surface area contributed by atoms with Gasteiger partial charge < -0.3 is 5.32 Å². The summed E-state index contributed by atoms with van der Waals surface area (Å²) in [6.07, 6.45) is 1.08. The Balaban J connectivity index is 2.60. The molecule has 4 nitrogen and oxygen atoms in total. The molecule has 0 saturated carbocycles. The molecule has 0 fully saturated rings. The summed E-state index contributed by atoms with van der Waals surface area (Å²) in [6.45, 7) is 3.71. The Hall–Kier alpha value is -1.33. The zero-order valence-corrected chi connectivity index (χ0v) is 6.81. The van der Waals surface area contributed by atoms with Crippen LogP contribution in [0.2, 0.25) is 0 Å². The first kappa shape index (κ1) is 8.76. The fourth-order valence-electron chi connectivity index (χ4n) is 0.773. The predicted molar refractivity (Wildman–Crippen MR) is 41.0 cm³/mol. The van der Waals surface area contributed by atoms with Gasteiger partial charge in [0, 0.05) is 12.1 Å². The third kappa shape index (κ3) is 2.37. The van der Waals surface area contributed by atoms with Gasteiger partial charge in [-0.15, -0.1) is 0 Å². The number of nitrogens with zero attached hydrogens (tertiary/aromatic N) is 2. The van der Waals surface area contributed by atoms with E-state index in [0.717, 1.165) is 6.08 Å². The second-order valence-electron chi connectivity index (χ2n) is 2.65. The average Bonchev–Trinajstić information content (AvgIpc) is 1.81. The zero-order chi connectivity index (χ0) is 9.14. The normalized spacial score (nSPS) is 16.9. The fourth-order valence-corrected chi connectivity index (χ4v) is 0.773. The minimum Gasteiger partial charge on any atom is -0.368 e. The Kier molecular flexibility index (Phi) is 2.47. The molecule has 1 aliphatic heterocycles. The van der Waals surface area contributed by atoms with Gasteiger partial charge in [-0.1, -0.05) is 9.58 Å². The van der Waals surface area contributed by atoms with Gasteiger partial charge in [0.2, 0.25) is 5.97 Å². The first-order valence-electron chi connectivity index (χ1n) is 3.53. The van der Waals surface area contributed by atoms with Gasteiger partial charge >= 0.3 is 0 Å². The summed E-state index contributed by atoms with van der Waals surface area (Å²) in [7, 11) is 0. The maximum absolute atomic E-state index is 12.4. The second-order valence-corrected chi connectivity index (χ2v) is 2.65. The zero-order valence-electron chi connectivity index (χ0n) is 6.81. The van der Waals surface area contributed by atoms with Crippen molar-refractivity contribution in [3.05, 3.63) is 11.9 Å². The van der Waals surface area contributed by atoms with Crippen molar-refractivity contribution in [2.24, 2.45) is 5.10 Å². The molecule has 6 heteroatoms. The van der Waals surface area contributed by atoms with Crippen LogP contribution in [0.3, 0.4) is 0 Å². The van der Waals surface area contributed by atoms with Gasteiger partial charge in [-0.3, -0.25) is 0 Å². The molecule has 0 saturated heterocycles. The standard InChI is InChI=1S/C6H10F2N4/c1-4(2)9-6-3-5(7)10-12(8)11-6/h3-4,9,11H,1-2H3. The van der Waals surface area contributed by atoms with Crippen LogP contribution in [0.4, 0.5) is 8.87 Å². The molecular weight excluding hydrogens is 166 g/mol. The monoisotopic (exact) mass is 176 g/mol. The lowest BCUT2D eigenvalue weighted by Crippen LogP contribution is -2.39. The van der Waals surface area contributed by atoms with E-state index in [9.17, 15) is 8.87 Å². The number of hydrazone groups is 1. The highest BCUT2D eigenvalue weighted by molar-refractivity contribution is 5.87. The SMILES string of the molecule is CC(C)NC1=CC(F)=NN(F)N1. The van der Waals surface area contributed by atoms with E-state index < -0.39 is 5.97 Å². The van der Waals surface area contributed by atoms with Gasteiger partial charge in [0.05, 0.1) is 0 Å². The van der Waals surface area contributed by atoms with E-state index in [1.807, 2.05) is 13.8 Å². The number of nitrogens with one attached hydrogen (secondary N) is 2. The molecule has 68 valence electrons. The van der Waals surface area contributed by atoms with Crippen LogP contribution in [0.1, 0.15) is 13.8 Å². The summed E-state index contributed by atoms with van der Waals surface area (Å²) >= 11 is 0. The van der Waals surface area contributed by atoms with E-state index in [-0.39, 0.29) is 17.2 Å². The molecule has 2 N–H and O–H groups in total. The number of hydrogen-bond acceptors (Lipinski definition) is 4. The molecule has 0 radical (unpaired) electrons. The summed E-state index contributed by atoms with van der Waals surface area (Å²) < 4.78 is 24.8. The van der Waals surface area contributed by atoms with E-state index in [1.54, 1.807) is 0 Å². The van der Waals surface area contributed by atoms with Crippen LogP contribution in [0.15, 0.2) is 17.0 Å². The molecule has 0 aromatic heterocycles. The minimum atomic E-state index is -0.876. The molecule has 0 unspecified atom stereocenters. The summed E-state index contributed by atoms with van der Waals surface area (Å²) in [5.74, 6) is -0.626. The van der Waals surface area contributed by atoms with Gasteiger partial charge in [0.1, 0.15) is 5.82 Å². The quantitative estimate of drug-likeness (QED) is 0.612. The van der Waals surface area contributed by atoms with Crippen molar-refractivity contribution in [2.75, 3.05) is 0 Å². The molecule has 1 aliphatic rings. The molecule has 0 aromatic rings. The van der Waals surface area contributed by atoms with Crippen LogP contribution in [-0.4, -0.2) is 17.3 Å². The Labute approximate surface area is 68.8 Å². The number of hydrazine groups is 1. The summed E-state index contributed by atoms with van der Waals surface area (Å²) in [5.41, 5.74) is 2.17. The van der Waals surface area contributed by atoms with Crippen LogP contribution >= 0.6 is 0 Å². The van der Waals surface area contributed by atoms with Crippen molar-refractivity contribution in [2.45, 2.75) is 19.9 Å². The molecule has 12 heavy (non-hydrogen) atoms. The van der Waals surface area contributed by atoms with Crippen molar-refractivity contribution in [3.8, 4) is 0 Å². The first-order valence-corrected chi connectivity index (χ1v) is 3.53. The summed E-state index contributed by atoms with van der Waals surface area (Å²) in [4.78, 5) is 0. The molecule has 0 spiro atoms. The molecule has 0 bridgehead atoms. The second kappa shape index (κ2) is 3.38. The van der Waals surface area contributed by atoms with Crippen molar-refractivity contribution < 1.29 is 8.87 Å². The molecule has 0 aliphatic carbocycles. The molecule has 1 heterocycles. The molecule has 0 aromatic carbocycles. The minimum absolute atomic E-state index is 0.100. The van der Waals surface area contributed by atoms with Gasteiger partial charge in [-0.2, -0.15) is 4.39 Å². The van der Waals surface area contributed by atoms with Crippen LogP contribution in [0.25, 0.3) is 0 Å². The van der Waals surface area contributed by atoms with Crippen LogP contribution in [-0.2, 0) is 0 Å². The van der Waals surface area contributed by atoms with E-state index >= 15 is 0 Å². The maximum atomic E-state index is 12.4. The molecular formula is C6H10F2N4. The average molecular weight is 176 g/mol. The number of hydrogen-bond donors (Lipinski definition) is 2. The lowest BCUT2D eigenvalue weighted by molar-refractivity contribution is -0.0234. The lowest BCUT2D eigenvalue weighted by Gasteiger charge is -2.20. The Morgan fingerprint density at radius 1 is 1.67 bits per heavy atom. The van der Waals surface area contributed by atoms with Gasteiger partial charge in [0.25, 0.3) is 0 Å².